The van der Waals surface area contributed by atoms with Gasteiger partial charge in [-0.2, -0.15) is 0 Å². The zero-order valence-corrected chi connectivity index (χ0v) is 10.9. The second-order valence-corrected chi connectivity index (χ2v) is 4.95. The summed E-state index contributed by atoms with van der Waals surface area (Å²) in [6.45, 7) is 0. The van der Waals surface area contributed by atoms with Gasteiger partial charge < -0.3 is 4.74 Å². The van der Waals surface area contributed by atoms with E-state index in [9.17, 15) is 4.39 Å². The molecule has 0 unspecified atom stereocenters. The van der Waals surface area contributed by atoms with Crippen molar-refractivity contribution < 1.29 is 9.13 Å². The third-order valence-electron chi connectivity index (χ3n) is 2.71. The highest BCUT2D eigenvalue weighted by atomic mass is 32.1. The number of rotatable bonds is 3. The largest absolute Gasteiger partial charge is 0.457 e. The SMILES string of the molecule is Fc1cccc(Oc2ccccc2)c1-c1cccs1. The van der Waals surface area contributed by atoms with Crippen LogP contribution >= 0.6 is 11.3 Å². The average Bonchev–Trinajstić information content (AvgIpc) is 2.94. The predicted octanol–water partition coefficient (Wildman–Crippen LogP) is 5.35. The maximum atomic E-state index is 14.0. The molecule has 19 heavy (non-hydrogen) atoms. The lowest BCUT2D eigenvalue weighted by Gasteiger charge is -2.10. The Labute approximate surface area is 114 Å². The van der Waals surface area contributed by atoms with Crippen molar-refractivity contribution in [3.05, 3.63) is 71.9 Å². The first-order valence-corrected chi connectivity index (χ1v) is 6.78. The van der Waals surface area contributed by atoms with Crippen LogP contribution in [0, 0.1) is 5.82 Å². The molecule has 0 bridgehead atoms. The summed E-state index contributed by atoms with van der Waals surface area (Å²) in [7, 11) is 0. The Kier molecular flexibility index (Phi) is 3.29. The summed E-state index contributed by atoms with van der Waals surface area (Å²) in [6, 6.07) is 18.1. The molecule has 0 aliphatic carbocycles. The highest BCUT2D eigenvalue weighted by molar-refractivity contribution is 7.13. The Morgan fingerprint density at radius 2 is 1.68 bits per heavy atom. The minimum atomic E-state index is -0.268. The molecular weight excluding hydrogens is 259 g/mol. The van der Waals surface area contributed by atoms with Gasteiger partial charge in [-0.3, -0.25) is 0 Å². The third kappa shape index (κ3) is 2.51. The van der Waals surface area contributed by atoms with Crippen LogP contribution in [-0.4, -0.2) is 0 Å². The van der Waals surface area contributed by atoms with E-state index in [1.807, 2.05) is 47.8 Å². The van der Waals surface area contributed by atoms with E-state index in [-0.39, 0.29) is 5.82 Å². The van der Waals surface area contributed by atoms with E-state index in [0.29, 0.717) is 17.1 Å². The molecular formula is C16H11FOS. The molecule has 0 N–H and O–H groups in total. The van der Waals surface area contributed by atoms with Gasteiger partial charge in [-0.1, -0.05) is 30.3 Å². The van der Waals surface area contributed by atoms with Crippen molar-refractivity contribution in [3.63, 3.8) is 0 Å². The molecule has 0 amide bonds. The van der Waals surface area contributed by atoms with Gasteiger partial charge in [0, 0.05) is 4.88 Å². The van der Waals surface area contributed by atoms with Gasteiger partial charge in [0.1, 0.15) is 17.3 Å². The maximum Gasteiger partial charge on any atom is 0.139 e. The van der Waals surface area contributed by atoms with Crippen LogP contribution in [0.15, 0.2) is 66.0 Å². The van der Waals surface area contributed by atoms with Crippen LogP contribution in [0.25, 0.3) is 10.4 Å². The normalized spacial score (nSPS) is 10.4. The zero-order valence-electron chi connectivity index (χ0n) is 10.0. The lowest BCUT2D eigenvalue weighted by molar-refractivity contribution is 0.479. The van der Waals surface area contributed by atoms with Gasteiger partial charge >= 0.3 is 0 Å². The lowest BCUT2D eigenvalue weighted by atomic mass is 10.1. The van der Waals surface area contributed by atoms with E-state index < -0.39 is 0 Å². The fourth-order valence-electron chi connectivity index (χ4n) is 1.86. The summed E-state index contributed by atoms with van der Waals surface area (Å²) >= 11 is 1.49. The van der Waals surface area contributed by atoms with E-state index in [2.05, 4.69) is 0 Å². The van der Waals surface area contributed by atoms with Crippen LogP contribution in [0.5, 0.6) is 11.5 Å². The maximum absolute atomic E-state index is 14.0. The van der Waals surface area contributed by atoms with E-state index in [1.54, 1.807) is 12.1 Å². The Balaban J connectivity index is 2.05. The molecule has 0 spiro atoms. The number of hydrogen-bond acceptors (Lipinski definition) is 2. The third-order valence-corrected chi connectivity index (χ3v) is 3.60. The summed E-state index contributed by atoms with van der Waals surface area (Å²) in [5.41, 5.74) is 0.515. The molecule has 0 atom stereocenters. The van der Waals surface area contributed by atoms with Gasteiger partial charge in [-0.15, -0.1) is 11.3 Å². The second-order valence-electron chi connectivity index (χ2n) is 4.01. The molecule has 3 rings (SSSR count). The van der Waals surface area contributed by atoms with Crippen molar-refractivity contribution in [1.29, 1.82) is 0 Å². The second kappa shape index (κ2) is 5.24. The van der Waals surface area contributed by atoms with Crippen LogP contribution in [0.3, 0.4) is 0 Å². The number of halogens is 1. The molecule has 3 heteroatoms. The van der Waals surface area contributed by atoms with E-state index in [4.69, 9.17) is 4.74 Å². The summed E-state index contributed by atoms with van der Waals surface area (Å²) in [4.78, 5) is 0.865. The van der Waals surface area contributed by atoms with E-state index >= 15 is 0 Å². The van der Waals surface area contributed by atoms with Crippen molar-refractivity contribution in [1.82, 2.24) is 0 Å². The highest BCUT2D eigenvalue weighted by Crippen LogP contribution is 2.37. The summed E-state index contributed by atoms with van der Waals surface area (Å²) < 4.78 is 19.8. The lowest BCUT2D eigenvalue weighted by Crippen LogP contribution is -1.90. The quantitative estimate of drug-likeness (QED) is 0.623. The van der Waals surface area contributed by atoms with Crippen molar-refractivity contribution in [2.45, 2.75) is 0 Å². The van der Waals surface area contributed by atoms with Crippen LogP contribution < -0.4 is 4.74 Å². The Bertz CT molecular complexity index is 662. The monoisotopic (exact) mass is 270 g/mol. The minimum absolute atomic E-state index is 0.268. The molecule has 3 aromatic rings. The first kappa shape index (κ1) is 11.9. The molecule has 0 aliphatic rings. The summed E-state index contributed by atoms with van der Waals surface area (Å²) in [6.07, 6.45) is 0. The minimum Gasteiger partial charge on any atom is -0.457 e. The van der Waals surface area contributed by atoms with Gasteiger partial charge in [0.25, 0.3) is 0 Å². The molecule has 0 radical (unpaired) electrons. The molecule has 0 fully saturated rings. The fourth-order valence-corrected chi connectivity index (χ4v) is 2.64. The van der Waals surface area contributed by atoms with Crippen LogP contribution in [0.1, 0.15) is 0 Å². The van der Waals surface area contributed by atoms with E-state index in [1.165, 1.54) is 17.4 Å². The van der Waals surface area contributed by atoms with Crippen molar-refractivity contribution in [2.75, 3.05) is 0 Å². The Morgan fingerprint density at radius 1 is 0.842 bits per heavy atom. The standard InChI is InChI=1S/C16H11FOS/c17-13-8-4-9-14(16(13)15-10-5-11-19-15)18-12-6-2-1-3-7-12/h1-11H. The Hall–Kier alpha value is -2.13. The van der Waals surface area contributed by atoms with Crippen LogP contribution in [0.2, 0.25) is 0 Å². The average molecular weight is 270 g/mol. The van der Waals surface area contributed by atoms with Crippen molar-refractivity contribution >= 4 is 11.3 Å². The van der Waals surface area contributed by atoms with Crippen LogP contribution in [0.4, 0.5) is 4.39 Å². The van der Waals surface area contributed by atoms with Gasteiger partial charge in [-0.05, 0) is 35.7 Å². The van der Waals surface area contributed by atoms with Gasteiger partial charge in [0.2, 0.25) is 0 Å². The van der Waals surface area contributed by atoms with Crippen LogP contribution in [-0.2, 0) is 0 Å². The fraction of sp³-hybridized carbons (Fsp3) is 0. The molecule has 0 aliphatic heterocycles. The van der Waals surface area contributed by atoms with Crippen molar-refractivity contribution in [3.8, 4) is 21.9 Å². The molecule has 0 saturated carbocycles. The topological polar surface area (TPSA) is 9.23 Å². The summed E-state index contributed by atoms with van der Waals surface area (Å²) in [5, 5.41) is 1.92. The molecule has 2 aromatic carbocycles. The van der Waals surface area contributed by atoms with Crippen molar-refractivity contribution in [2.24, 2.45) is 0 Å². The first-order chi connectivity index (χ1) is 9.34. The molecule has 1 nitrogen and oxygen atoms in total. The highest BCUT2D eigenvalue weighted by Gasteiger charge is 2.13. The zero-order chi connectivity index (χ0) is 13.1. The predicted molar refractivity (Wildman–Crippen MR) is 76.2 cm³/mol. The number of para-hydroxylation sites is 1. The summed E-state index contributed by atoms with van der Waals surface area (Å²) in [5.74, 6) is 0.968. The van der Waals surface area contributed by atoms with E-state index in [0.717, 1.165) is 4.88 Å². The number of thiophene rings is 1. The number of ether oxygens (including phenoxy) is 1. The van der Waals surface area contributed by atoms with Gasteiger partial charge in [0.05, 0.1) is 5.56 Å². The molecule has 94 valence electrons. The smallest absolute Gasteiger partial charge is 0.139 e. The van der Waals surface area contributed by atoms with Gasteiger partial charge in [0.15, 0.2) is 0 Å². The molecule has 1 heterocycles. The number of hydrogen-bond donors (Lipinski definition) is 0. The van der Waals surface area contributed by atoms with Gasteiger partial charge in [-0.25, -0.2) is 4.39 Å². The molecule has 1 aromatic heterocycles. The first-order valence-electron chi connectivity index (χ1n) is 5.90. The number of benzene rings is 2. The Morgan fingerprint density at radius 3 is 2.42 bits per heavy atom. The molecule has 0 saturated heterocycles.